The Kier molecular flexibility index (Phi) is 3.26. The fraction of sp³-hybridized carbons (Fsp3) is 0.529. The lowest BCUT2D eigenvalue weighted by Gasteiger charge is -2.30. The van der Waals surface area contributed by atoms with Crippen LogP contribution in [-0.2, 0) is 0 Å². The van der Waals surface area contributed by atoms with Gasteiger partial charge in [-0.2, -0.15) is 0 Å². The Hall–Kier alpha value is -1.68. The van der Waals surface area contributed by atoms with Crippen LogP contribution in [0, 0.1) is 5.92 Å². The van der Waals surface area contributed by atoms with Crippen LogP contribution < -0.4 is 0 Å². The van der Waals surface area contributed by atoms with E-state index in [0.29, 0.717) is 5.92 Å². The van der Waals surface area contributed by atoms with Crippen LogP contribution in [0.1, 0.15) is 50.1 Å². The number of allylic oxidation sites excluding steroid dienone is 2. The van der Waals surface area contributed by atoms with E-state index in [2.05, 4.69) is 26.7 Å². The molecule has 1 saturated carbocycles. The first-order chi connectivity index (χ1) is 10.3. The minimum Gasteiger partial charge on any atom is -0.393 e. The lowest BCUT2D eigenvalue weighted by molar-refractivity contribution is 0.0737. The number of aliphatic hydroxyl groups is 1. The second-order valence-corrected chi connectivity index (χ2v) is 6.36. The molecule has 0 spiro atoms. The van der Waals surface area contributed by atoms with Crippen molar-refractivity contribution in [3.63, 3.8) is 0 Å². The third-order valence-corrected chi connectivity index (χ3v) is 5.04. The molecule has 4 nitrogen and oxygen atoms in total. The van der Waals surface area contributed by atoms with Crippen molar-refractivity contribution in [3.05, 3.63) is 35.8 Å². The summed E-state index contributed by atoms with van der Waals surface area (Å²) >= 11 is 0. The number of hydrogen-bond donors (Lipinski definition) is 1. The number of aromatic nitrogens is 1. The molecular weight excluding hydrogens is 262 g/mol. The van der Waals surface area contributed by atoms with Gasteiger partial charge in [0, 0.05) is 17.8 Å². The van der Waals surface area contributed by atoms with E-state index in [0.717, 1.165) is 18.0 Å². The molecule has 1 fully saturated rings. The third kappa shape index (κ3) is 2.27. The Labute approximate surface area is 124 Å². The van der Waals surface area contributed by atoms with Crippen molar-refractivity contribution in [3.8, 4) is 0 Å². The maximum absolute atomic E-state index is 10.6. The Morgan fingerprint density at radius 2 is 2.14 bits per heavy atom. The Morgan fingerprint density at radius 1 is 1.29 bits per heavy atom. The summed E-state index contributed by atoms with van der Waals surface area (Å²) in [6.45, 7) is 0. The summed E-state index contributed by atoms with van der Waals surface area (Å²) in [4.78, 5) is 8.67. The van der Waals surface area contributed by atoms with E-state index >= 15 is 0 Å². The van der Waals surface area contributed by atoms with Gasteiger partial charge >= 0.3 is 0 Å². The topological polar surface area (TPSA) is 49.9 Å². The number of aliphatic imine (C=N–C) groups is 2. The monoisotopic (exact) mass is 283 g/mol. The number of fused-ring (bicyclic) bond motifs is 3. The molecule has 1 aromatic heterocycles. The van der Waals surface area contributed by atoms with Crippen molar-refractivity contribution in [2.45, 2.75) is 50.5 Å². The normalized spacial score (nSPS) is 26.0. The predicted molar refractivity (Wildman–Crippen MR) is 83.8 cm³/mol. The Bertz CT molecular complexity index is 620. The van der Waals surface area contributed by atoms with Gasteiger partial charge in [-0.1, -0.05) is 19.3 Å². The van der Waals surface area contributed by atoms with Gasteiger partial charge in [0.1, 0.15) is 12.0 Å². The zero-order chi connectivity index (χ0) is 14.2. The second kappa shape index (κ2) is 5.26. The van der Waals surface area contributed by atoms with Gasteiger partial charge in [0.2, 0.25) is 0 Å². The maximum atomic E-state index is 10.6. The van der Waals surface area contributed by atoms with Gasteiger partial charge in [0.15, 0.2) is 5.84 Å². The van der Waals surface area contributed by atoms with Crippen molar-refractivity contribution < 1.29 is 5.11 Å². The first-order valence-corrected chi connectivity index (χ1v) is 8.01. The molecular formula is C17H21N3O. The SMILES string of the molecule is OC(CC1C=C2N=CN=C2n2cccc21)C1CCCCC1. The standard InChI is InChI=1S/C17H21N3O/c21-16(12-5-2-1-3-6-12)10-13-9-14-17(19-11-18-14)20-8-4-7-15(13)20/h4,7-9,11-13,16,21H,1-3,5-6,10H2. The zero-order valence-corrected chi connectivity index (χ0v) is 12.2. The molecule has 2 unspecified atom stereocenters. The van der Waals surface area contributed by atoms with Crippen LogP contribution in [0.4, 0.5) is 0 Å². The van der Waals surface area contributed by atoms with Crippen LogP contribution >= 0.6 is 0 Å². The largest absolute Gasteiger partial charge is 0.393 e. The first-order valence-electron chi connectivity index (χ1n) is 8.01. The van der Waals surface area contributed by atoms with Crippen molar-refractivity contribution in [2.75, 3.05) is 0 Å². The maximum Gasteiger partial charge on any atom is 0.164 e. The van der Waals surface area contributed by atoms with Crippen LogP contribution in [0.3, 0.4) is 0 Å². The van der Waals surface area contributed by atoms with E-state index in [9.17, 15) is 5.11 Å². The van der Waals surface area contributed by atoms with Crippen LogP contribution in [-0.4, -0.2) is 28.0 Å². The smallest absolute Gasteiger partial charge is 0.164 e. The summed E-state index contributed by atoms with van der Waals surface area (Å²) in [5.41, 5.74) is 2.16. The summed E-state index contributed by atoms with van der Waals surface area (Å²) in [5.74, 6) is 1.63. The summed E-state index contributed by atoms with van der Waals surface area (Å²) in [7, 11) is 0. The van der Waals surface area contributed by atoms with Gasteiger partial charge in [0.25, 0.3) is 0 Å². The molecule has 0 saturated heterocycles. The molecule has 0 radical (unpaired) electrons. The van der Waals surface area contributed by atoms with E-state index in [1.165, 1.54) is 37.8 Å². The predicted octanol–water partition coefficient (Wildman–Crippen LogP) is 3.09. The molecule has 3 heterocycles. The lowest BCUT2D eigenvalue weighted by Crippen LogP contribution is -2.28. The van der Waals surface area contributed by atoms with Crippen molar-refractivity contribution >= 4 is 12.2 Å². The fourth-order valence-electron chi connectivity index (χ4n) is 3.90. The molecule has 0 bridgehead atoms. The Balaban J connectivity index is 1.56. The molecule has 2 aliphatic heterocycles. The van der Waals surface area contributed by atoms with Crippen LogP contribution in [0.15, 0.2) is 40.1 Å². The average molecular weight is 283 g/mol. The van der Waals surface area contributed by atoms with Crippen LogP contribution in [0.5, 0.6) is 0 Å². The minimum atomic E-state index is -0.209. The molecule has 2 atom stereocenters. The van der Waals surface area contributed by atoms with Crippen molar-refractivity contribution in [1.29, 1.82) is 0 Å². The van der Waals surface area contributed by atoms with Gasteiger partial charge in [0.05, 0.1) is 6.10 Å². The summed E-state index contributed by atoms with van der Waals surface area (Å²) in [6, 6.07) is 4.18. The highest BCUT2D eigenvalue weighted by atomic mass is 16.3. The highest BCUT2D eigenvalue weighted by Crippen LogP contribution is 2.35. The number of rotatable bonds is 3. The molecule has 0 aromatic carbocycles. The molecule has 21 heavy (non-hydrogen) atoms. The lowest BCUT2D eigenvalue weighted by atomic mass is 9.81. The molecule has 1 aromatic rings. The highest BCUT2D eigenvalue weighted by Gasteiger charge is 2.30. The summed E-state index contributed by atoms with van der Waals surface area (Å²) < 4.78 is 2.11. The van der Waals surface area contributed by atoms with E-state index in [1.54, 1.807) is 6.34 Å². The third-order valence-electron chi connectivity index (χ3n) is 5.04. The van der Waals surface area contributed by atoms with Gasteiger partial charge < -0.3 is 9.67 Å². The quantitative estimate of drug-likeness (QED) is 0.910. The van der Waals surface area contributed by atoms with E-state index in [-0.39, 0.29) is 12.0 Å². The molecule has 1 aliphatic carbocycles. The van der Waals surface area contributed by atoms with Gasteiger partial charge in [-0.15, -0.1) is 0 Å². The molecule has 4 heteroatoms. The molecule has 4 rings (SSSR count). The Morgan fingerprint density at radius 3 is 3.00 bits per heavy atom. The second-order valence-electron chi connectivity index (χ2n) is 6.36. The van der Waals surface area contributed by atoms with Gasteiger partial charge in [-0.25, -0.2) is 9.98 Å². The van der Waals surface area contributed by atoms with E-state index < -0.39 is 0 Å². The fourth-order valence-corrected chi connectivity index (χ4v) is 3.90. The number of aliphatic hydroxyl groups excluding tert-OH is 1. The van der Waals surface area contributed by atoms with E-state index in [4.69, 9.17) is 0 Å². The van der Waals surface area contributed by atoms with Crippen molar-refractivity contribution in [2.24, 2.45) is 15.9 Å². The molecule has 3 aliphatic rings. The zero-order valence-electron chi connectivity index (χ0n) is 12.2. The molecule has 1 N–H and O–H groups in total. The number of nitrogens with zero attached hydrogens (tertiary/aromatic N) is 3. The summed E-state index contributed by atoms with van der Waals surface area (Å²) in [5, 5.41) is 10.6. The van der Waals surface area contributed by atoms with E-state index in [1.807, 2.05) is 12.3 Å². The highest BCUT2D eigenvalue weighted by molar-refractivity contribution is 6.08. The summed E-state index contributed by atoms with van der Waals surface area (Å²) in [6.07, 6.45) is 12.6. The van der Waals surface area contributed by atoms with Crippen LogP contribution in [0.25, 0.3) is 0 Å². The number of hydrogen-bond acceptors (Lipinski definition) is 3. The molecule has 0 amide bonds. The molecule has 110 valence electrons. The van der Waals surface area contributed by atoms with Gasteiger partial charge in [-0.05, 0) is 43.4 Å². The van der Waals surface area contributed by atoms with Crippen LogP contribution in [0.2, 0.25) is 0 Å². The first kappa shape index (κ1) is 13.0. The minimum absolute atomic E-state index is 0.209. The van der Waals surface area contributed by atoms with Gasteiger partial charge in [-0.3, -0.25) is 0 Å². The average Bonchev–Trinajstić information content (AvgIpc) is 3.16. The van der Waals surface area contributed by atoms with Crippen molar-refractivity contribution in [1.82, 2.24) is 4.57 Å².